The Hall–Kier alpha value is -2.05. The first-order chi connectivity index (χ1) is 12.6. The normalized spacial score (nSPS) is 12.9. The number of halogens is 1. The van der Waals surface area contributed by atoms with Gasteiger partial charge in [0.1, 0.15) is 5.76 Å². The predicted octanol–water partition coefficient (Wildman–Crippen LogP) is 3.24. The Bertz CT molecular complexity index is 691. The maximum Gasteiger partial charge on any atom is 0.191 e. The molecule has 1 atom stereocenters. The lowest BCUT2D eigenvalue weighted by Gasteiger charge is -2.15. The number of aromatic nitrogens is 1. The van der Waals surface area contributed by atoms with Crippen molar-refractivity contribution < 1.29 is 9.63 Å². The van der Waals surface area contributed by atoms with Crippen molar-refractivity contribution >= 4 is 17.6 Å². The Balaban J connectivity index is 2.02. The molecule has 0 saturated carbocycles. The van der Waals surface area contributed by atoms with E-state index in [1.807, 2.05) is 26.0 Å². The van der Waals surface area contributed by atoms with Gasteiger partial charge in [0.2, 0.25) is 0 Å². The molecule has 6 nitrogen and oxygen atoms in total. The van der Waals surface area contributed by atoms with Crippen molar-refractivity contribution in [2.75, 3.05) is 13.1 Å². The van der Waals surface area contributed by atoms with Crippen LogP contribution in [0.1, 0.15) is 49.5 Å². The first kappa shape index (κ1) is 20.3. The number of hydrogen-bond acceptors (Lipinski definition) is 4. The second-order valence-corrected chi connectivity index (χ2v) is 6.32. The maximum atomic E-state index is 10.3. The van der Waals surface area contributed by atoms with Crippen LogP contribution in [0.3, 0.4) is 0 Å². The van der Waals surface area contributed by atoms with E-state index in [2.05, 4.69) is 27.7 Å². The molecule has 0 saturated heterocycles. The molecule has 0 aliphatic heterocycles. The molecule has 1 aromatic heterocycles. The fraction of sp³-hybridized carbons (Fsp3) is 0.474. The maximum absolute atomic E-state index is 10.3. The second kappa shape index (κ2) is 10.2. The topological polar surface area (TPSA) is 82.7 Å². The summed E-state index contributed by atoms with van der Waals surface area (Å²) in [5.41, 5.74) is 2.80. The number of nitrogens with one attached hydrogen (secondary N) is 2. The minimum Gasteiger partial charge on any atom is -0.387 e. The molecular formula is C19H27ClN4O2. The lowest BCUT2D eigenvalue weighted by Crippen LogP contribution is -2.39. The van der Waals surface area contributed by atoms with Crippen molar-refractivity contribution in [3.8, 4) is 0 Å². The summed E-state index contributed by atoms with van der Waals surface area (Å²) in [5.74, 6) is 1.52. The number of aliphatic hydroxyl groups is 1. The van der Waals surface area contributed by atoms with Gasteiger partial charge in [-0.15, -0.1) is 0 Å². The van der Waals surface area contributed by atoms with E-state index in [-0.39, 0.29) is 0 Å². The number of hydrogen-bond donors (Lipinski definition) is 3. The summed E-state index contributed by atoms with van der Waals surface area (Å²) in [5, 5.41) is 21.5. The molecule has 1 aromatic carbocycles. The van der Waals surface area contributed by atoms with Gasteiger partial charge in [0, 0.05) is 30.1 Å². The van der Waals surface area contributed by atoms with Crippen LogP contribution < -0.4 is 10.6 Å². The Labute approximate surface area is 159 Å². The summed E-state index contributed by atoms with van der Waals surface area (Å²) >= 11 is 5.89. The number of benzene rings is 1. The first-order valence-electron chi connectivity index (χ1n) is 9.00. The van der Waals surface area contributed by atoms with Gasteiger partial charge in [-0.3, -0.25) is 0 Å². The van der Waals surface area contributed by atoms with E-state index in [0.717, 1.165) is 42.0 Å². The number of aliphatic hydroxyl groups excluding tert-OH is 1. The molecule has 0 fully saturated rings. The van der Waals surface area contributed by atoms with Crippen LogP contribution in [-0.4, -0.2) is 29.3 Å². The van der Waals surface area contributed by atoms with Crippen molar-refractivity contribution in [1.29, 1.82) is 0 Å². The van der Waals surface area contributed by atoms with Crippen molar-refractivity contribution in [3.05, 3.63) is 51.9 Å². The first-order valence-corrected chi connectivity index (χ1v) is 9.38. The van der Waals surface area contributed by atoms with Gasteiger partial charge in [0.15, 0.2) is 5.96 Å². The molecule has 0 amide bonds. The molecule has 0 aliphatic rings. The Morgan fingerprint density at radius 2 is 1.92 bits per heavy atom. The monoisotopic (exact) mass is 378 g/mol. The molecule has 1 unspecified atom stereocenters. The van der Waals surface area contributed by atoms with E-state index in [9.17, 15) is 5.11 Å². The molecular weight excluding hydrogens is 352 g/mol. The molecule has 26 heavy (non-hydrogen) atoms. The average Bonchev–Trinajstić information content (AvgIpc) is 3.06. The van der Waals surface area contributed by atoms with Crippen LogP contribution in [0, 0.1) is 0 Å². The number of nitrogens with zero attached hydrogens (tertiary/aromatic N) is 2. The minimum atomic E-state index is -0.649. The van der Waals surface area contributed by atoms with E-state index >= 15 is 0 Å². The molecule has 2 rings (SSSR count). The van der Waals surface area contributed by atoms with Crippen LogP contribution in [0.15, 0.2) is 33.8 Å². The third-order valence-electron chi connectivity index (χ3n) is 4.06. The Morgan fingerprint density at radius 3 is 2.54 bits per heavy atom. The van der Waals surface area contributed by atoms with Gasteiger partial charge in [-0.05, 0) is 31.0 Å². The largest absolute Gasteiger partial charge is 0.387 e. The summed E-state index contributed by atoms with van der Waals surface area (Å²) in [7, 11) is 0. The third kappa shape index (κ3) is 5.47. The van der Waals surface area contributed by atoms with Gasteiger partial charge in [0.25, 0.3) is 0 Å². The summed E-state index contributed by atoms with van der Waals surface area (Å²) in [6.45, 7) is 7.66. The zero-order chi connectivity index (χ0) is 18.9. The van der Waals surface area contributed by atoms with Gasteiger partial charge in [-0.2, -0.15) is 0 Å². The summed E-state index contributed by atoms with van der Waals surface area (Å²) in [6.07, 6.45) is 0.953. The molecule has 1 heterocycles. The standard InChI is InChI=1S/C19H27ClN4O2/c1-4-16-15(18(5-2)26-24-16)11-22-19(21-6-3)23-12-17(25)13-7-9-14(20)10-8-13/h7-10,17,25H,4-6,11-12H2,1-3H3,(H2,21,22,23). The highest BCUT2D eigenvalue weighted by Crippen LogP contribution is 2.17. The number of aliphatic imine (C=N–C) groups is 1. The van der Waals surface area contributed by atoms with E-state index < -0.39 is 6.10 Å². The highest BCUT2D eigenvalue weighted by Gasteiger charge is 2.13. The Morgan fingerprint density at radius 1 is 1.19 bits per heavy atom. The van der Waals surface area contributed by atoms with Gasteiger partial charge in [0.05, 0.1) is 18.3 Å². The lowest BCUT2D eigenvalue weighted by molar-refractivity contribution is 0.181. The molecule has 142 valence electrons. The van der Waals surface area contributed by atoms with Crippen LogP contribution in [0.25, 0.3) is 0 Å². The zero-order valence-corrected chi connectivity index (χ0v) is 16.3. The molecule has 0 aliphatic carbocycles. The van der Waals surface area contributed by atoms with Gasteiger partial charge in [-0.25, -0.2) is 4.99 Å². The van der Waals surface area contributed by atoms with Crippen LogP contribution in [0.2, 0.25) is 5.02 Å². The van der Waals surface area contributed by atoms with E-state index in [0.29, 0.717) is 24.1 Å². The highest BCUT2D eigenvalue weighted by molar-refractivity contribution is 6.30. The van der Waals surface area contributed by atoms with E-state index in [1.165, 1.54) is 0 Å². The number of rotatable bonds is 8. The smallest absolute Gasteiger partial charge is 0.191 e. The van der Waals surface area contributed by atoms with Crippen LogP contribution in [-0.2, 0) is 19.4 Å². The lowest BCUT2D eigenvalue weighted by atomic mass is 10.1. The third-order valence-corrected chi connectivity index (χ3v) is 4.32. The molecule has 3 N–H and O–H groups in total. The molecule has 2 aromatic rings. The SMILES string of the molecule is CCNC(=NCc1c(CC)noc1CC)NCC(O)c1ccc(Cl)cc1. The van der Waals surface area contributed by atoms with Crippen LogP contribution >= 0.6 is 11.6 Å². The summed E-state index contributed by atoms with van der Waals surface area (Å²) in [6, 6.07) is 7.17. The van der Waals surface area contributed by atoms with Crippen LogP contribution in [0.4, 0.5) is 0 Å². The highest BCUT2D eigenvalue weighted by atomic mass is 35.5. The van der Waals surface area contributed by atoms with E-state index in [4.69, 9.17) is 16.1 Å². The average molecular weight is 379 g/mol. The van der Waals surface area contributed by atoms with Gasteiger partial charge in [-0.1, -0.05) is 42.7 Å². The van der Waals surface area contributed by atoms with Crippen molar-refractivity contribution in [1.82, 2.24) is 15.8 Å². The van der Waals surface area contributed by atoms with Gasteiger partial charge < -0.3 is 20.3 Å². The van der Waals surface area contributed by atoms with Gasteiger partial charge >= 0.3 is 0 Å². The fourth-order valence-corrected chi connectivity index (χ4v) is 2.74. The van der Waals surface area contributed by atoms with E-state index in [1.54, 1.807) is 12.1 Å². The molecule has 7 heteroatoms. The summed E-state index contributed by atoms with van der Waals surface area (Å²) < 4.78 is 5.38. The van der Waals surface area contributed by atoms with Crippen molar-refractivity contribution in [2.24, 2.45) is 4.99 Å². The fourth-order valence-electron chi connectivity index (χ4n) is 2.61. The van der Waals surface area contributed by atoms with Crippen molar-refractivity contribution in [3.63, 3.8) is 0 Å². The Kier molecular flexibility index (Phi) is 7.94. The summed E-state index contributed by atoms with van der Waals surface area (Å²) in [4.78, 5) is 4.62. The van der Waals surface area contributed by atoms with Crippen LogP contribution in [0.5, 0.6) is 0 Å². The predicted molar refractivity (Wildman–Crippen MR) is 104 cm³/mol. The number of guanidine groups is 1. The van der Waals surface area contributed by atoms with Crippen molar-refractivity contribution in [2.45, 2.75) is 46.3 Å². The molecule has 0 bridgehead atoms. The minimum absolute atomic E-state index is 0.346. The number of aryl methyl sites for hydroxylation is 2. The second-order valence-electron chi connectivity index (χ2n) is 5.88. The zero-order valence-electron chi connectivity index (χ0n) is 15.6. The molecule has 0 radical (unpaired) electrons. The quantitative estimate of drug-likeness (QED) is 0.485. The molecule has 0 spiro atoms.